The van der Waals surface area contributed by atoms with Crippen molar-refractivity contribution in [3.8, 4) is 0 Å². The van der Waals surface area contributed by atoms with E-state index >= 15 is 0 Å². The highest BCUT2D eigenvalue weighted by atomic mass is 16.6. The molecule has 0 radical (unpaired) electrons. The fraction of sp³-hybridized carbons (Fsp3) is 0.462. The summed E-state index contributed by atoms with van der Waals surface area (Å²) < 4.78 is 0. The predicted octanol–water partition coefficient (Wildman–Crippen LogP) is 2.51. The second-order valence-corrected chi connectivity index (χ2v) is 4.50. The first-order chi connectivity index (χ1) is 7.36. The molecule has 3 nitrogen and oxygen atoms in total. The molecule has 16 heavy (non-hydrogen) atoms. The van der Waals surface area contributed by atoms with Gasteiger partial charge >= 0.3 is 0 Å². The van der Waals surface area contributed by atoms with Gasteiger partial charge in [-0.2, -0.15) is 0 Å². The van der Waals surface area contributed by atoms with E-state index in [4.69, 9.17) is 0 Å². The normalized spacial score (nSPS) is 12.1. The maximum absolute atomic E-state index is 9.95. The smallest absolute Gasteiger partial charge is 0.106 e. The Balaban J connectivity index is 3.23. The van der Waals surface area contributed by atoms with Gasteiger partial charge < -0.3 is 9.94 Å². The van der Waals surface area contributed by atoms with Gasteiger partial charge in [0.05, 0.1) is 11.8 Å². The molecule has 0 spiro atoms. The van der Waals surface area contributed by atoms with Crippen molar-refractivity contribution < 1.29 is 9.94 Å². The zero-order valence-electron chi connectivity index (χ0n) is 10.5. The number of hydrogen-bond acceptors (Lipinski definition) is 3. The van der Waals surface area contributed by atoms with E-state index in [0.717, 1.165) is 22.3 Å². The van der Waals surface area contributed by atoms with E-state index in [0.29, 0.717) is 0 Å². The van der Waals surface area contributed by atoms with E-state index in [1.165, 1.54) is 7.11 Å². The Morgan fingerprint density at radius 2 is 1.75 bits per heavy atom. The second kappa shape index (κ2) is 4.66. The summed E-state index contributed by atoms with van der Waals surface area (Å²) in [6, 6.07) is 3.95. The third kappa shape index (κ3) is 2.83. The van der Waals surface area contributed by atoms with Crippen molar-refractivity contribution in [1.82, 2.24) is 0 Å². The summed E-state index contributed by atoms with van der Waals surface area (Å²) >= 11 is 0. The summed E-state index contributed by atoms with van der Waals surface area (Å²) in [4.78, 5) is 4.67. The Hall–Kier alpha value is -1.35. The van der Waals surface area contributed by atoms with Crippen molar-refractivity contribution in [3.05, 3.63) is 34.4 Å². The van der Waals surface area contributed by atoms with Crippen molar-refractivity contribution in [3.63, 3.8) is 0 Å². The van der Waals surface area contributed by atoms with Crippen molar-refractivity contribution in [1.29, 1.82) is 0 Å². The summed E-state index contributed by atoms with van der Waals surface area (Å²) in [6.07, 6.45) is 1.69. The number of oxime groups is 1. The van der Waals surface area contributed by atoms with E-state index in [2.05, 4.69) is 9.99 Å². The molecule has 0 aromatic heterocycles. The van der Waals surface area contributed by atoms with E-state index in [1.54, 1.807) is 20.1 Å². The molecular formula is C13H19NO2. The van der Waals surface area contributed by atoms with Gasteiger partial charge in [-0.05, 0) is 44.4 Å². The molecule has 88 valence electrons. The monoisotopic (exact) mass is 221 g/mol. The lowest BCUT2D eigenvalue weighted by Gasteiger charge is -2.20. The quantitative estimate of drug-likeness (QED) is 0.629. The number of nitrogens with zero attached hydrogens (tertiary/aromatic N) is 1. The van der Waals surface area contributed by atoms with Crippen LogP contribution in [0, 0.1) is 13.8 Å². The lowest BCUT2D eigenvalue weighted by Crippen LogP contribution is -2.16. The van der Waals surface area contributed by atoms with Crippen molar-refractivity contribution in [2.24, 2.45) is 5.16 Å². The van der Waals surface area contributed by atoms with E-state index in [9.17, 15) is 5.11 Å². The zero-order chi connectivity index (χ0) is 12.3. The Kier molecular flexibility index (Phi) is 3.70. The largest absolute Gasteiger partial charge is 0.399 e. The summed E-state index contributed by atoms with van der Waals surface area (Å²) in [5.74, 6) is 0. The highest BCUT2D eigenvalue weighted by Gasteiger charge is 2.17. The molecule has 0 aliphatic carbocycles. The molecule has 0 fully saturated rings. The summed E-state index contributed by atoms with van der Waals surface area (Å²) in [5.41, 5.74) is 3.30. The highest BCUT2D eigenvalue weighted by molar-refractivity contribution is 5.83. The van der Waals surface area contributed by atoms with Gasteiger partial charge in [0.2, 0.25) is 0 Å². The molecule has 0 atom stereocenters. The SMILES string of the molecule is CO/N=C\c1c(C)cc(C(C)(C)O)cc1C. The second-order valence-electron chi connectivity index (χ2n) is 4.50. The lowest BCUT2D eigenvalue weighted by molar-refractivity contribution is 0.0785. The van der Waals surface area contributed by atoms with Crippen LogP contribution in [0.2, 0.25) is 0 Å². The Morgan fingerprint density at radius 3 is 2.12 bits per heavy atom. The minimum Gasteiger partial charge on any atom is -0.399 e. The molecule has 1 aromatic carbocycles. The van der Waals surface area contributed by atoms with Gasteiger partial charge in [0, 0.05) is 5.56 Å². The van der Waals surface area contributed by atoms with Crippen molar-refractivity contribution in [2.75, 3.05) is 7.11 Å². The zero-order valence-corrected chi connectivity index (χ0v) is 10.5. The number of aryl methyl sites for hydroxylation is 2. The fourth-order valence-corrected chi connectivity index (χ4v) is 1.64. The first kappa shape index (κ1) is 12.7. The van der Waals surface area contributed by atoms with Gasteiger partial charge in [0.25, 0.3) is 0 Å². The van der Waals surface area contributed by atoms with Crippen LogP contribution < -0.4 is 0 Å². The molecule has 3 heteroatoms. The van der Waals surface area contributed by atoms with E-state index in [-0.39, 0.29) is 0 Å². The van der Waals surface area contributed by atoms with Gasteiger partial charge in [0.1, 0.15) is 7.11 Å². The summed E-state index contributed by atoms with van der Waals surface area (Å²) in [7, 11) is 1.52. The molecule has 0 amide bonds. The van der Waals surface area contributed by atoms with Gasteiger partial charge in [-0.25, -0.2) is 0 Å². The van der Waals surface area contributed by atoms with Crippen LogP contribution in [0.25, 0.3) is 0 Å². The van der Waals surface area contributed by atoms with E-state index in [1.807, 2.05) is 26.0 Å². The van der Waals surface area contributed by atoms with Crippen LogP contribution in [0.1, 0.15) is 36.1 Å². The van der Waals surface area contributed by atoms with Gasteiger partial charge in [-0.15, -0.1) is 0 Å². The van der Waals surface area contributed by atoms with Crippen LogP contribution in [0.15, 0.2) is 17.3 Å². The van der Waals surface area contributed by atoms with Gasteiger partial charge in [0.15, 0.2) is 0 Å². The number of benzene rings is 1. The molecule has 0 saturated carbocycles. The third-order valence-electron chi connectivity index (χ3n) is 2.59. The van der Waals surface area contributed by atoms with Gasteiger partial charge in [-0.1, -0.05) is 17.3 Å². The first-order valence-corrected chi connectivity index (χ1v) is 5.27. The molecular weight excluding hydrogens is 202 g/mol. The van der Waals surface area contributed by atoms with Gasteiger partial charge in [-0.3, -0.25) is 0 Å². The molecule has 0 aliphatic heterocycles. The van der Waals surface area contributed by atoms with Crippen LogP contribution in [-0.2, 0) is 10.4 Å². The average Bonchev–Trinajstić information content (AvgIpc) is 2.15. The van der Waals surface area contributed by atoms with Crippen molar-refractivity contribution in [2.45, 2.75) is 33.3 Å². The molecule has 1 rings (SSSR count). The van der Waals surface area contributed by atoms with Crippen LogP contribution in [0.4, 0.5) is 0 Å². The van der Waals surface area contributed by atoms with Crippen LogP contribution in [0.3, 0.4) is 0 Å². The molecule has 0 bridgehead atoms. The lowest BCUT2D eigenvalue weighted by atomic mass is 9.92. The molecule has 0 heterocycles. The molecule has 0 saturated heterocycles. The van der Waals surface area contributed by atoms with E-state index < -0.39 is 5.60 Å². The Bertz CT molecular complexity index is 380. The molecule has 0 aliphatic rings. The molecule has 1 aromatic rings. The molecule has 1 N–H and O–H groups in total. The maximum Gasteiger partial charge on any atom is 0.106 e. The van der Waals surface area contributed by atoms with Crippen LogP contribution in [0.5, 0.6) is 0 Å². The maximum atomic E-state index is 9.95. The number of hydrogen-bond donors (Lipinski definition) is 1. The number of rotatable bonds is 3. The number of aliphatic hydroxyl groups is 1. The topological polar surface area (TPSA) is 41.8 Å². The predicted molar refractivity (Wildman–Crippen MR) is 65.8 cm³/mol. The molecule has 0 unspecified atom stereocenters. The highest BCUT2D eigenvalue weighted by Crippen LogP contribution is 2.24. The van der Waals surface area contributed by atoms with Crippen molar-refractivity contribution >= 4 is 6.21 Å². The summed E-state index contributed by atoms with van der Waals surface area (Å²) in [6.45, 7) is 7.56. The first-order valence-electron chi connectivity index (χ1n) is 5.27. The minimum atomic E-state index is -0.813. The summed E-state index contributed by atoms with van der Waals surface area (Å²) in [5, 5.41) is 13.7. The Labute approximate surface area is 96.7 Å². The fourth-order valence-electron chi connectivity index (χ4n) is 1.64. The van der Waals surface area contributed by atoms with Crippen LogP contribution >= 0.6 is 0 Å². The minimum absolute atomic E-state index is 0.813. The van der Waals surface area contributed by atoms with Crippen LogP contribution in [-0.4, -0.2) is 18.4 Å². The average molecular weight is 221 g/mol. The third-order valence-corrected chi connectivity index (χ3v) is 2.59. The Morgan fingerprint density at radius 1 is 1.25 bits per heavy atom. The standard InChI is InChI=1S/C13H19NO2/c1-9-6-11(13(3,4)15)7-10(2)12(9)8-14-16-5/h6-8,15H,1-5H3/b14-8-.